The molecular weight excluding hydrogens is 322 g/mol. The summed E-state index contributed by atoms with van der Waals surface area (Å²) in [6.07, 6.45) is 0. The van der Waals surface area contributed by atoms with Crippen LogP contribution in [0.1, 0.15) is 12.5 Å². The maximum Gasteiger partial charge on any atom is 0.301 e. The van der Waals surface area contributed by atoms with E-state index in [9.17, 15) is 14.7 Å². The minimum atomic E-state index is -0.762. The van der Waals surface area contributed by atoms with E-state index in [0.29, 0.717) is 29.4 Å². The second-order valence-electron chi connectivity index (χ2n) is 5.33. The number of ether oxygens (including phenoxy) is 2. The summed E-state index contributed by atoms with van der Waals surface area (Å²) in [5.74, 6) is -0.765. The summed E-state index contributed by atoms with van der Waals surface area (Å²) in [4.78, 5) is 26.1. The molecule has 0 atom stereocenters. The molecule has 1 aliphatic rings. The molecule has 0 spiro atoms. The smallest absolute Gasteiger partial charge is 0.301 e. The number of hydrogen-bond donors (Lipinski definition) is 1. The van der Waals surface area contributed by atoms with Crippen molar-refractivity contribution in [3.63, 3.8) is 0 Å². The van der Waals surface area contributed by atoms with Crippen LogP contribution in [0.5, 0.6) is 11.5 Å². The van der Waals surface area contributed by atoms with Gasteiger partial charge in [0.15, 0.2) is 5.76 Å². The Balaban J connectivity index is 1.96. The van der Waals surface area contributed by atoms with Crippen LogP contribution in [0.4, 0.5) is 5.69 Å². The van der Waals surface area contributed by atoms with Gasteiger partial charge in [0.05, 0.1) is 25.0 Å². The molecule has 2 aromatic rings. The number of benzene rings is 2. The number of amides is 2. The molecule has 0 radical (unpaired) electrons. The molecule has 2 aromatic carbocycles. The van der Waals surface area contributed by atoms with Gasteiger partial charge in [-0.1, -0.05) is 18.2 Å². The number of hydrogen-bond acceptors (Lipinski definition) is 5. The van der Waals surface area contributed by atoms with Gasteiger partial charge >= 0.3 is 5.91 Å². The van der Waals surface area contributed by atoms with Gasteiger partial charge in [-0.05, 0) is 36.8 Å². The summed E-state index contributed by atoms with van der Waals surface area (Å²) < 4.78 is 10.5. The van der Waals surface area contributed by atoms with Crippen LogP contribution in [0.2, 0.25) is 0 Å². The molecule has 6 nitrogen and oxygen atoms in total. The Labute approximate surface area is 144 Å². The fourth-order valence-corrected chi connectivity index (χ4v) is 2.65. The van der Waals surface area contributed by atoms with Crippen LogP contribution in [-0.2, 0) is 9.59 Å². The first-order valence-electron chi connectivity index (χ1n) is 7.76. The zero-order valence-corrected chi connectivity index (χ0v) is 13.9. The van der Waals surface area contributed by atoms with Gasteiger partial charge in [0, 0.05) is 6.07 Å². The molecule has 0 aliphatic carbocycles. The standard InChI is InChI=1S/C19H17NO5/c1-3-25-14-9-7-12(8-10-14)16-17(21)19(23)20(18(16)22)13-5-4-6-15(11-13)24-2/h4-11,21H,3H2,1-2H3. The Kier molecular flexibility index (Phi) is 4.43. The fraction of sp³-hybridized carbons (Fsp3) is 0.158. The van der Waals surface area contributed by atoms with E-state index >= 15 is 0 Å². The van der Waals surface area contributed by atoms with E-state index in [1.807, 2.05) is 6.92 Å². The zero-order valence-electron chi connectivity index (χ0n) is 13.9. The maximum atomic E-state index is 12.8. The van der Waals surface area contributed by atoms with E-state index < -0.39 is 17.6 Å². The third-order valence-electron chi connectivity index (χ3n) is 3.82. The molecule has 6 heteroatoms. The summed E-state index contributed by atoms with van der Waals surface area (Å²) in [7, 11) is 1.49. The quantitative estimate of drug-likeness (QED) is 0.848. The number of anilines is 1. The summed E-state index contributed by atoms with van der Waals surface area (Å²) in [5.41, 5.74) is 0.752. The number of carbonyl (C=O) groups is 2. The van der Waals surface area contributed by atoms with Gasteiger partial charge < -0.3 is 14.6 Å². The van der Waals surface area contributed by atoms with Gasteiger partial charge in [0.2, 0.25) is 0 Å². The van der Waals surface area contributed by atoms with Crippen molar-refractivity contribution in [3.05, 3.63) is 59.9 Å². The predicted octanol–water partition coefficient (Wildman–Crippen LogP) is 2.94. The van der Waals surface area contributed by atoms with E-state index in [1.165, 1.54) is 7.11 Å². The molecule has 25 heavy (non-hydrogen) atoms. The number of aliphatic hydroxyl groups is 1. The minimum absolute atomic E-state index is 0.0316. The summed E-state index contributed by atoms with van der Waals surface area (Å²) in [6, 6.07) is 13.2. The van der Waals surface area contributed by atoms with Crippen molar-refractivity contribution in [2.24, 2.45) is 0 Å². The largest absolute Gasteiger partial charge is 0.502 e. The van der Waals surface area contributed by atoms with Crippen LogP contribution < -0.4 is 14.4 Å². The van der Waals surface area contributed by atoms with Crippen LogP contribution >= 0.6 is 0 Å². The van der Waals surface area contributed by atoms with Gasteiger partial charge in [-0.3, -0.25) is 9.59 Å². The van der Waals surface area contributed by atoms with Crippen molar-refractivity contribution in [2.45, 2.75) is 6.92 Å². The Morgan fingerprint density at radius 2 is 1.72 bits per heavy atom. The normalized spacial score (nSPS) is 14.2. The number of nitrogens with zero attached hydrogens (tertiary/aromatic N) is 1. The first-order valence-corrected chi connectivity index (χ1v) is 7.76. The van der Waals surface area contributed by atoms with Crippen molar-refractivity contribution in [1.29, 1.82) is 0 Å². The van der Waals surface area contributed by atoms with Crippen molar-refractivity contribution < 1.29 is 24.2 Å². The zero-order chi connectivity index (χ0) is 18.0. The Morgan fingerprint density at radius 3 is 2.36 bits per heavy atom. The molecule has 0 unspecified atom stereocenters. The molecule has 1 aliphatic heterocycles. The van der Waals surface area contributed by atoms with E-state index in [-0.39, 0.29) is 5.57 Å². The average Bonchev–Trinajstić information content (AvgIpc) is 2.85. The molecule has 1 heterocycles. The second-order valence-corrected chi connectivity index (χ2v) is 5.33. The first kappa shape index (κ1) is 16.6. The molecule has 128 valence electrons. The van der Waals surface area contributed by atoms with E-state index in [1.54, 1.807) is 48.5 Å². The highest BCUT2D eigenvalue weighted by atomic mass is 16.5. The highest BCUT2D eigenvalue weighted by molar-refractivity contribution is 6.44. The minimum Gasteiger partial charge on any atom is -0.502 e. The van der Waals surface area contributed by atoms with E-state index in [4.69, 9.17) is 9.47 Å². The van der Waals surface area contributed by atoms with Crippen LogP contribution in [0, 0.1) is 0 Å². The molecule has 1 N–H and O–H groups in total. The SMILES string of the molecule is CCOc1ccc(C2=C(O)C(=O)N(c3cccc(OC)c3)C2=O)cc1. The molecule has 0 bridgehead atoms. The van der Waals surface area contributed by atoms with Crippen molar-refractivity contribution >= 4 is 23.1 Å². The third kappa shape index (κ3) is 2.94. The Bertz CT molecular complexity index is 854. The summed E-state index contributed by atoms with van der Waals surface area (Å²) in [6.45, 7) is 2.39. The fourth-order valence-electron chi connectivity index (χ4n) is 2.65. The second kappa shape index (κ2) is 6.68. The molecular formula is C19H17NO5. The predicted molar refractivity (Wildman–Crippen MR) is 92.6 cm³/mol. The molecule has 2 amide bonds. The molecule has 3 rings (SSSR count). The topological polar surface area (TPSA) is 76.1 Å². The van der Waals surface area contributed by atoms with Gasteiger partial charge in [-0.2, -0.15) is 0 Å². The van der Waals surface area contributed by atoms with Crippen LogP contribution in [0.25, 0.3) is 5.57 Å². The maximum absolute atomic E-state index is 12.8. The monoisotopic (exact) mass is 339 g/mol. The van der Waals surface area contributed by atoms with Gasteiger partial charge in [-0.15, -0.1) is 0 Å². The lowest BCUT2D eigenvalue weighted by molar-refractivity contribution is -0.121. The Hall–Kier alpha value is -3.28. The van der Waals surface area contributed by atoms with Gasteiger partial charge in [0.1, 0.15) is 11.5 Å². The summed E-state index contributed by atoms with van der Waals surface area (Å²) in [5, 5.41) is 10.2. The molecule has 0 fully saturated rings. The van der Waals surface area contributed by atoms with Crippen LogP contribution in [0.15, 0.2) is 54.3 Å². The summed E-state index contributed by atoms with van der Waals surface area (Å²) >= 11 is 0. The number of carbonyl (C=O) groups excluding carboxylic acids is 2. The lowest BCUT2D eigenvalue weighted by Crippen LogP contribution is -2.31. The molecule has 0 aromatic heterocycles. The number of rotatable bonds is 5. The van der Waals surface area contributed by atoms with Crippen molar-refractivity contribution in [1.82, 2.24) is 0 Å². The van der Waals surface area contributed by atoms with E-state index in [0.717, 1.165) is 4.90 Å². The molecule has 0 saturated heterocycles. The van der Waals surface area contributed by atoms with Gasteiger partial charge in [0.25, 0.3) is 5.91 Å². The van der Waals surface area contributed by atoms with Crippen molar-refractivity contribution in [2.75, 3.05) is 18.6 Å². The highest BCUT2D eigenvalue weighted by Crippen LogP contribution is 2.33. The first-order chi connectivity index (χ1) is 12.1. The lowest BCUT2D eigenvalue weighted by atomic mass is 10.1. The number of aliphatic hydroxyl groups excluding tert-OH is 1. The Morgan fingerprint density at radius 1 is 1.00 bits per heavy atom. The van der Waals surface area contributed by atoms with E-state index in [2.05, 4.69) is 0 Å². The number of methoxy groups -OCH3 is 1. The van der Waals surface area contributed by atoms with Crippen LogP contribution in [-0.4, -0.2) is 30.6 Å². The third-order valence-corrected chi connectivity index (χ3v) is 3.82. The molecule has 0 saturated carbocycles. The number of imide groups is 1. The van der Waals surface area contributed by atoms with Gasteiger partial charge in [-0.25, -0.2) is 4.90 Å². The lowest BCUT2D eigenvalue weighted by Gasteiger charge is -2.15. The van der Waals surface area contributed by atoms with Crippen molar-refractivity contribution in [3.8, 4) is 11.5 Å². The highest BCUT2D eigenvalue weighted by Gasteiger charge is 2.40. The average molecular weight is 339 g/mol. The van der Waals surface area contributed by atoms with Crippen LogP contribution in [0.3, 0.4) is 0 Å².